The molecule has 2 aromatic rings. The van der Waals surface area contributed by atoms with Crippen LogP contribution in [0.5, 0.6) is 5.75 Å². The number of hydrogen-bond acceptors (Lipinski definition) is 2. The number of hydrogen-bond donors (Lipinski definition) is 0. The van der Waals surface area contributed by atoms with Gasteiger partial charge in [-0.2, -0.15) is 0 Å². The van der Waals surface area contributed by atoms with Crippen LogP contribution in [0.15, 0.2) is 42.5 Å². The molecule has 0 heterocycles. The first-order chi connectivity index (χ1) is 8.24. The molecular formula is C14H11FO2. The molecule has 2 nitrogen and oxygen atoms in total. The highest BCUT2D eigenvalue weighted by Crippen LogP contribution is 2.25. The highest BCUT2D eigenvalue weighted by molar-refractivity contribution is 5.77. The second kappa shape index (κ2) is 4.78. The van der Waals surface area contributed by atoms with Crippen molar-refractivity contribution in [3.05, 3.63) is 53.8 Å². The number of carbonyl (C=O) groups excluding carboxylic acids is 1. The number of rotatable bonds is 3. The summed E-state index contributed by atoms with van der Waals surface area (Å²) < 4.78 is 18.6. The van der Waals surface area contributed by atoms with Crippen molar-refractivity contribution in [2.24, 2.45) is 0 Å². The van der Waals surface area contributed by atoms with E-state index in [-0.39, 0.29) is 5.56 Å². The highest BCUT2D eigenvalue weighted by atomic mass is 19.1. The van der Waals surface area contributed by atoms with E-state index in [0.29, 0.717) is 17.6 Å². The first-order valence-electron chi connectivity index (χ1n) is 5.14. The number of carbonyl (C=O) groups is 1. The van der Waals surface area contributed by atoms with E-state index >= 15 is 0 Å². The second-order valence-electron chi connectivity index (χ2n) is 3.59. The van der Waals surface area contributed by atoms with Crippen LogP contribution in [0, 0.1) is 5.82 Å². The SMILES string of the molecule is COc1cccc(-c2ccc(C=O)c(F)c2)c1. The third-order valence-electron chi connectivity index (χ3n) is 2.53. The van der Waals surface area contributed by atoms with E-state index in [1.807, 2.05) is 24.3 Å². The molecule has 17 heavy (non-hydrogen) atoms. The van der Waals surface area contributed by atoms with E-state index in [1.54, 1.807) is 13.2 Å². The summed E-state index contributed by atoms with van der Waals surface area (Å²) in [5.41, 5.74) is 1.63. The quantitative estimate of drug-likeness (QED) is 0.756. The first kappa shape index (κ1) is 11.3. The van der Waals surface area contributed by atoms with Gasteiger partial charge in [0.05, 0.1) is 12.7 Å². The minimum absolute atomic E-state index is 0.0663. The summed E-state index contributed by atoms with van der Waals surface area (Å²) in [6.45, 7) is 0. The predicted octanol–water partition coefficient (Wildman–Crippen LogP) is 3.31. The maximum absolute atomic E-state index is 13.5. The molecule has 2 rings (SSSR count). The Morgan fingerprint density at radius 3 is 2.53 bits per heavy atom. The van der Waals surface area contributed by atoms with Gasteiger partial charge in [-0.1, -0.05) is 18.2 Å². The van der Waals surface area contributed by atoms with Crippen LogP contribution in [0.3, 0.4) is 0 Å². The monoisotopic (exact) mass is 230 g/mol. The zero-order valence-corrected chi connectivity index (χ0v) is 9.31. The molecule has 2 aromatic carbocycles. The third-order valence-corrected chi connectivity index (χ3v) is 2.53. The number of methoxy groups -OCH3 is 1. The summed E-state index contributed by atoms with van der Waals surface area (Å²) in [7, 11) is 1.58. The maximum Gasteiger partial charge on any atom is 0.152 e. The van der Waals surface area contributed by atoms with Crippen molar-refractivity contribution in [1.29, 1.82) is 0 Å². The van der Waals surface area contributed by atoms with Gasteiger partial charge in [0.1, 0.15) is 11.6 Å². The zero-order valence-electron chi connectivity index (χ0n) is 9.31. The van der Waals surface area contributed by atoms with E-state index in [9.17, 15) is 9.18 Å². The molecular weight excluding hydrogens is 219 g/mol. The van der Waals surface area contributed by atoms with Gasteiger partial charge in [-0.25, -0.2) is 4.39 Å². The largest absolute Gasteiger partial charge is 0.497 e. The maximum atomic E-state index is 13.5. The van der Waals surface area contributed by atoms with Crippen molar-refractivity contribution in [1.82, 2.24) is 0 Å². The van der Waals surface area contributed by atoms with Gasteiger partial charge in [-0.05, 0) is 35.4 Å². The van der Waals surface area contributed by atoms with Gasteiger partial charge in [0.2, 0.25) is 0 Å². The van der Waals surface area contributed by atoms with Gasteiger partial charge in [-0.3, -0.25) is 4.79 Å². The molecule has 0 N–H and O–H groups in total. The average molecular weight is 230 g/mol. The van der Waals surface area contributed by atoms with Crippen molar-refractivity contribution in [3.63, 3.8) is 0 Å². The smallest absolute Gasteiger partial charge is 0.152 e. The van der Waals surface area contributed by atoms with Gasteiger partial charge >= 0.3 is 0 Å². The number of halogens is 1. The fraction of sp³-hybridized carbons (Fsp3) is 0.0714. The molecule has 0 bridgehead atoms. The van der Waals surface area contributed by atoms with Crippen LogP contribution in [-0.2, 0) is 0 Å². The first-order valence-corrected chi connectivity index (χ1v) is 5.14. The highest BCUT2D eigenvalue weighted by Gasteiger charge is 2.05. The predicted molar refractivity (Wildman–Crippen MR) is 63.8 cm³/mol. The standard InChI is InChI=1S/C14H11FO2/c1-17-13-4-2-3-10(7-13)11-5-6-12(9-16)14(15)8-11/h2-9H,1H3. The number of ether oxygens (including phenoxy) is 1. The Labute approximate surface area is 98.7 Å². The number of benzene rings is 2. The Bertz CT molecular complexity index is 550. The van der Waals surface area contributed by atoms with Crippen LogP contribution in [0.4, 0.5) is 4.39 Å². The van der Waals surface area contributed by atoms with Gasteiger partial charge < -0.3 is 4.74 Å². The molecule has 0 aliphatic heterocycles. The molecule has 0 saturated carbocycles. The Kier molecular flexibility index (Phi) is 3.19. The van der Waals surface area contributed by atoms with Gasteiger partial charge in [0.15, 0.2) is 6.29 Å². The van der Waals surface area contributed by atoms with Crippen LogP contribution < -0.4 is 4.74 Å². The lowest BCUT2D eigenvalue weighted by Gasteiger charge is -2.05. The van der Waals surface area contributed by atoms with E-state index in [1.165, 1.54) is 12.1 Å². The summed E-state index contributed by atoms with van der Waals surface area (Å²) in [6.07, 6.45) is 0.505. The van der Waals surface area contributed by atoms with Crippen LogP contribution in [0.25, 0.3) is 11.1 Å². The average Bonchev–Trinajstić information content (AvgIpc) is 2.38. The molecule has 0 aliphatic rings. The molecule has 0 unspecified atom stereocenters. The summed E-state index contributed by atoms with van der Waals surface area (Å²) >= 11 is 0. The molecule has 0 amide bonds. The summed E-state index contributed by atoms with van der Waals surface area (Å²) in [5.74, 6) is 0.197. The van der Waals surface area contributed by atoms with Crippen molar-refractivity contribution in [3.8, 4) is 16.9 Å². The van der Waals surface area contributed by atoms with Gasteiger partial charge in [0.25, 0.3) is 0 Å². The lowest BCUT2D eigenvalue weighted by molar-refractivity contribution is 0.112. The molecule has 0 atom stereocenters. The molecule has 86 valence electrons. The zero-order chi connectivity index (χ0) is 12.3. The van der Waals surface area contributed by atoms with Gasteiger partial charge in [0, 0.05) is 0 Å². The van der Waals surface area contributed by atoms with E-state index in [2.05, 4.69) is 0 Å². The summed E-state index contributed by atoms with van der Waals surface area (Å²) in [6, 6.07) is 11.9. The Hall–Kier alpha value is -2.16. The van der Waals surface area contributed by atoms with Crippen molar-refractivity contribution in [2.45, 2.75) is 0 Å². The minimum atomic E-state index is -0.514. The van der Waals surface area contributed by atoms with Crippen molar-refractivity contribution < 1.29 is 13.9 Å². The van der Waals surface area contributed by atoms with E-state index in [0.717, 1.165) is 5.56 Å². The molecule has 3 heteroatoms. The van der Waals surface area contributed by atoms with Crippen molar-refractivity contribution >= 4 is 6.29 Å². The van der Waals surface area contributed by atoms with E-state index in [4.69, 9.17) is 4.74 Å². The van der Waals surface area contributed by atoms with Crippen LogP contribution in [0.1, 0.15) is 10.4 Å². The molecule has 0 aliphatic carbocycles. The van der Waals surface area contributed by atoms with Gasteiger partial charge in [-0.15, -0.1) is 0 Å². The van der Waals surface area contributed by atoms with E-state index < -0.39 is 5.82 Å². The lowest BCUT2D eigenvalue weighted by atomic mass is 10.0. The summed E-state index contributed by atoms with van der Waals surface area (Å²) in [4.78, 5) is 10.5. The molecule has 0 spiro atoms. The molecule has 0 saturated heterocycles. The molecule has 0 aromatic heterocycles. The van der Waals surface area contributed by atoms with Crippen LogP contribution in [-0.4, -0.2) is 13.4 Å². The topological polar surface area (TPSA) is 26.3 Å². The fourth-order valence-corrected chi connectivity index (χ4v) is 1.60. The van der Waals surface area contributed by atoms with Crippen LogP contribution >= 0.6 is 0 Å². The van der Waals surface area contributed by atoms with Crippen LogP contribution in [0.2, 0.25) is 0 Å². The van der Waals surface area contributed by atoms with Crippen molar-refractivity contribution in [2.75, 3.05) is 7.11 Å². The third kappa shape index (κ3) is 2.33. The fourth-order valence-electron chi connectivity index (χ4n) is 1.60. The Morgan fingerprint density at radius 2 is 1.88 bits per heavy atom. The normalized spacial score (nSPS) is 10.0. The lowest BCUT2D eigenvalue weighted by Crippen LogP contribution is -1.89. The Morgan fingerprint density at radius 1 is 1.12 bits per heavy atom. The summed E-state index contributed by atoms with van der Waals surface area (Å²) in [5, 5.41) is 0. The Balaban J connectivity index is 2.45. The number of aldehydes is 1. The second-order valence-corrected chi connectivity index (χ2v) is 3.59. The molecule has 0 fully saturated rings. The minimum Gasteiger partial charge on any atom is -0.497 e. The molecule has 0 radical (unpaired) electrons.